The van der Waals surface area contributed by atoms with E-state index in [2.05, 4.69) is 15.1 Å². The molecule has 0 atom stereocenters. The summed E-state index contributed by atoms with van der Waals surface area (Å²) in [6.45, 7) is 2.09. The molecule has 0 bridgehead atoms. The van der Waals surface area contributed by atoms with E-state index in [0.29, 0.717) is 30.2 Å². The van der Waals surface area contributed by atoms with Gasteiger partial charge >= 0.3 is 5.97 Å². The molecule has 6 nitrogen and oxygen atoms in total. The van der Waals surface area contributed by atoms with Gasteiger partial charge in [0.15, 0.2) is 0 Å². The van der Waals surface area contributed by atoms with Gasteiger partial charge in [0.25, 0.3) is 0 Å². The maximum absolute atomic E-state index is 11.9. The van der Waals surface area contributed by atoms with E-state index in [0.717, 1.165) is 0 Å². The van der Waals surface area contributed by atoms with Crippen molar-refractivity contribution in [3.63, 3.8) is 0 Å². The SMILES string of the molecule is CCOC(=O)C1(c2nc(-c3ncccc3Cl)no2)CC1. The van der Waals surface area contributed by atoms with E-state index in [1.807, 2.05) is 0 Å². The highest BCUT2D eigenvalue weighted by molar-refractivity contribution is 6.32. The molecule has 0 N–H and O–H groups in total. The van der Waals surface area contributed by atoms with E-state index in [1.54, 1.807) is 25.3 Å². The second-order valence-electron chi connectivity index (χ2n) is 4.56. The molecule has 1 aliphatic rings. The third-order valence-electron chi connectivity index (χ3n) is 3.22. The van der Waals surface area contributed by atoms with Crippen molar-refractivity contribution in [3.05, 3.63) is 29.2 Å². The molecule has 104 valence electrons. The highest BCUT2D eigenvalue weighted by Gasteiger charge is 2.57. The van der Waals surface area contributed by atoms with Crippen molar-refractivity contribution >= 4 is 17.6 Å². The summed E-state index contributed by atoms with van der Waals surface area (Å²) < 4.78 is 10.3. The van der Waals surface area contributed by atoms with Crippen LogP contribution in [-0.2, 0) is 14.9 Å². The average Bonchev–Trinajstić information content (AvgIpc) is 3.12. The van der Waals surface area contributed by atoms with Crippen LogP contribution < -0.4 is 0 Å². The fraction of sp³-hybridized carbons (Fsp3) is 0.385. The number of carbonyl (C=O) groups is 1. The molecular weight excluding hydrogens is 282 g/mol. The highest BCUT2D eigenvalue weighted by Crippen LogP contribution is 2.48. The zero-order chi connectivity index (χ0) is 14.2. The minimum Gasteiger partial charge on any atom is -0.465 e. The standard InChI is InChI=1S/C13H12ClN3O3/c1-2-19-12(18)13(5-6-13)11-16-10(17-20-11)9-8(14)4-3-7-15-9/h3-4,7H,2,5-6H2,1H3. The first-order chi connectivity index (χ1) is 9.67. The Morgan fingerprint density at radius 2 is 2.35 bits per heavy atom. The molecule has 0 aliphatic heterocycles. The molecular formula is C13H12ClN3O3. The Kier molecular flexibility index (Phi) is 3.17. The molecule has 0 amide bonds. The Labute approximate surface area is 120 Å². The van der Waals surface area contributed by atoms with Gasteiger partial charge in [-0.1, -0.05) is 16.8 Å². The Hall–Kier alpha value is -1.95. The van der Waals surface area contributed by atoms with E-state index >= 15 is 0 Å². The molecule has 2 aromatic heterocycles. The van der Waals surface area contributed by atoms with Gasteiger partial charge in [-0.3, -0.25) is 9.78 Å². The number of halogens is 1. The van der Waals surface area contributed by atoms with Gasteiger partial charge in [0.1, 0.15) is 11.1 Å². The number of ether oxygens (including phenoxy) is 1. The predicted molar refractivity (Wildman–Crippen MR) is 70.1 cm³/mol. The van der Waals surface area contributed by atoms with Gasteiger partial charge in [0.05, 0.1) is 11.6 Å². The molecule has 0 spiro atoms. The molecule has 20 heavy (non-hydrogen) atoms. The molecule has 0 unspecified atom stereocenters. The third-order valence-corrected chi connectivity index (χ3v) is 3.53. The minimum atomic E-state index is -0.775. The normalized spacial score (nSPS) is 15.9. The average molecular weight is 294 g/mol. The van der Waals surface area contributed by atoms with Crippen molar-refractivity contribution in [1.29, 1.82) is 0 Å². The van der Waals surface area contributed by atoms with Crippen molar-refractivity contribution in [2.75, 3.05) is 6.61 Å². The third kappa shape index (κ3) is 2.06. The predicted octanol–water partition coefficient (Wildman–Crippen LogP) is 2.38. The van der Waals surface area contributed by atoms with E-state index < -0.39 is 5.41 Å². The lowest BCUT2D eigenvalue weighted by Gasteiger charge is -2.07. The number of carbonyl (C=O) groups excluding carboxylic acids is 1. The Balaban J connectivity index is 1.92. The first-order valence-electron chi connectivity index (χ1n) is 6.29. The van der Waals surface area contributed by atoms with Crippen molar-refractivity contribution < 1.29 is 14.1 Å². The molecule has 3 rings (SSSR count). The molecule has 0 saturated heterocycles. The van der Waals surface area contributed by atoms with Crippen LogP contribution >= 0.6 is 11.6 Å². The molecule has 7 heteroatoms. The minimum absolute atomic E-state index is 0.271. The largest absolute Gasteiger partial charge is 0.465 e. The van der Waals surface area contributed by atoms with Gasteiger partial charge in [-0.15, -0.1) is 0 Å². The van der Waals surface area contributed by atoms with Gasteiger partial charge in [0, 0.05) is 6.20 Å². The summed E-state index contributed by atoms with van der Waals surface area (Å²) in [4.78, 5) is 20.3. The summed E-state index contributed by atoms with van der Waals surface area (Å²) in [6.07, 6.45) is 2.91. The lowest BCUT2D eigenvalue weighted by Crippen LogP contribution is -2.23. The topological polar surface area (TPSA) is 78.1 Å². The summed E-state index contributed by atoms with van der Waals surface area (Å²) in [5.74, 6) is 0.233. The van der Waals surface area contributed by atoms with Crippen LogP contribution in [0.4, 0.5) is 0 Å². The zero-order valence-electron chi connectivity index (χ0n) is 10.8. The highest BCUT2D eigenvalue weighted by atomic mass is 35.5. The lowest BCUT2D eigenvalue weighted by atomic mass is 10.1. The molecule has 0 aromatic carbocycles. The number of esters is 1. The Morgan fingerprint density at radius 1 is 1.55 bits per heavy atom. The van der Waals surface area contributed by atoms with Crippen LogP contribution in [0.2, 0.25) is 5.02 Å². The van der Waals surface area contributed by atoms with Gasteiger partial charge in [-0.2, -0.15) is 4.98 Å². The summed E-state index contributed by atoms with van der Waals surface area (Å²) in [5.41, 5.74) is -0.341. The molecule has 1 saturated carbocycles. The zero-order valence-corrected chi connectivity index (χ0v) is 11.6. The molecule has 2 aromatic rings. The van der Waals surface area contributed by atoms with Crippen molar-refractivity contribution in [1.82, 2.24) is 15.1 Å². The van der Waals surface area contributed by atoms with Gasteiger partial charge < -0.3 is 9.26 Å². The second-order valence-corrected chi connectivity index (χ2v) is 4.97. The quantitative estimate of drug-likeness (QED) is 0.805. The van der Waals surface area contributed by atoms with Gasteiger partial charge in [-0.05, 0) is 31.9 Å². The second kappa shape index (κ2) is 4.86. The monoisotopic (exact) mass is 293 g/mol. The van der Waals surface area contributed by atoms with Crippen LogP contribution in [0.15, 0.2) is 22.9 Å². The van der Waals surface area contributed by atoms with Crippen LogP contribution in [0.5, 0.6) is 0 Å². The summed E-state index contributed by atoms with van der Waals surface area (Å²) >= 11 is 6.03. The maximum atomic E-state index is 11.9. The Morgan fingerprint density at radius 3 is 3.00 bits per heavy atom. The molecule has 1 aliphatic carbocycles. The van der Waals surface area contributed by atoms with Crippen LogP contribution in [0, 0.1) is 0 Å². The van der Waals surface area contributed by atoms with Crippen molar-refractivity contribution in [3.8, 4) is 11.5 Å². The molecule has 1 fully saturated rings. The van der Waals surface area contributed by atoms with E-state index in [4.69, 9.17) is 20.9 Å². The fourth-order valence-electron chi connectivity index (χ4n) is 1.96. The van der Waals surface area contributed by atoms with Crippen LogP contribution in [-0.4, -0.2) is 27.7 Å². The smallest absolute Gasteiger partial charge is 0.321 e. The molecule has 0 radical (unpaired) electrons. The first-order valence-corrected chi connectivity index (χ1v) is 6.67. The van der Waals surface area contributed by atoms with Crippen LogP contribution in [0.25, 0.3) is 11.5 Å². The summed E-state index contributed by atoms with van der Waals surface area (Å²) in [6, 6.07) is 3.41. The number of hydrogen-bond acceptors (Lipinski definition) is 6. The van der Waals surface area contributed by atoms with Gasteiger partial charge in [-0.25, -0.2) is 0 Å². The number of nitrogens with zero attached hydrogens (tertiary/aromatic N) is 3. The maximum Gasteiger partial charge on any atom is 0.321 e. The number of aromatic nitrogens is 3. The summed E-state index contributed by atoms with van der Waals surface area (Å²) in [7, 11) is 0. The summed E-state index contributed by atoms with van der Waals surface area (Å²) in [5, 5.41) is 4.29. The fourth-order valence-corrected chi connectivity index (χ4v) is 2.17. The van der Waals surface area contributed by atoms with Gasteiger partial charge in [0.2, 0.25) is 11.7 Å². The van der Waals surface area contributed by atoms with Crippen LogP contribution in [0.3, 0.4) is 0 Å². The van der Waals surface area contributed by atoms with Crippen LogP contribution in [0.1, 0.15) is 25.7 Å². The first kappa shape index (κ1) is 13.1. The lowest BCUT2D eigenvalue weighted by molar-refractivity contribution is -0.146. The van der Waals surface area contributed by atoms with E-state index in [1.165, 1.54) is 0 Å². The number of rotatable bonds is 4. The van der Waals surface area contributed by atoms with Crippen molar-refractivity contribution in [2.45, 2.75) is 25.2 Å². The number of hydrogen-bond donors (Lipinski definition) is 0. The van der Waals surface area contributed by atoms with E-state index in [-0.39, 0.29) is 17.7 Å². The van der Waals surface area contributed by atoms with Crippen molar-refractivity contribution in [2.24, 2.45) is 0 Å². The molecule has 2 heterocycles. The Bertz CT molecular complexity index is 652. The van der Waals surface area contributed by atoms with E-state index in [9.17, 15) is 4.79 Å². The number of pyridine rings is 1.